The number of hydrogen-bond acceptors (Lipinski definition) is 0. The van der Waals surface area contributed by atoms with Gasteiger partial charge in [-0.2, -0.15) is 0 Å². The van der Waals surface area contributed by atoms with Crippen LogP contribution in [0.4, 0.5) is 0 Å². The lowest BCUT2D eigenvalue weighted by Gasteiger charge is -2.23. The van der Waals surface area contributed by atoms with Crippen LogP contribution >= 0.6 is 0 Å². The van der Waals surface area contributed by atoms with Crippen molar-refractivity contribution >= 4 is 0 Å². The third-order valence-corrected chi connectivity index (χ3v) is 3.35. The fourth-order valence-electron chi connectivity index (χ4n) is 2.39. The molecule has 0 radical (unpaired) electrons. The number of benzene rings is 2. The molecule has 0 unspecified atom stereocenters. The van der Waals surface area contributed by atoms with Gasteiger partial charge >= 0.3 is 0 Å². The van der Waals surface area contributed by atoms with Crippen molar-refractivity contribution in [2.24, 2.45) is 0 Å². The van der Waals surface area contributed by atoms with E-state index in [9.17, 15) is 0 Å². The summed E-state index contributed by atoms with van der Waals surface area (Å²) in [6.07, 6.45) is 2.24. The van der Waals surface area contributed by atoms with Crippen LogP contribution in [0, 0.1) is 0 Å². The Hall–Kier alpha value is -1.56. The first-order valence-corrected chi connectivity index (χ1v) is 6.70. The van der Waals surface area contributed by atoms with Crippen LogP contribution in [0.15, 0.2) is 54.6 Å². The van der Waals surface area contributed by atoms with Crippen molar-refractivity contribution in [3.8, 4) is 0 Å². The molecule has 0 heteroatoms. The smallest absolute Gasteiger partial charge is 0.0129 e. The van der Waals surface area contributed by atoms with Gasteiger partial charge in [-0.25, -0.2) is 0 Å². The fraction of sp³-hybridized carbons (Fsp3) is 0.333. The van der Waals surface area contributed by atoms with Crippen LogP contribution in [0.3, 0.4) is 0 Å². The molecule has 0 atom stereocenters. The van der Waals surface area contributed by atoms with Crippen molar-refractivity contribution in [3.05, 3.63) is 71.3 Å². The van der Waals surface area contributed by atoms with Gasteiger partial charge in [0.15, 0.2) is 0 Å². The molecule has 0 nitrogen and oxygen atoms in total. The van der Waals surface area contributed by atoms with E-state index in [4.69, 9.17) is 0 Å². The van der Waals surface area contributed by atoms with Crippen molar-refractivity contribution < 1.29 is 0 Å². The molecule has 2 aromatic rings. The van der Waals surface area contributed by atoms with E-state index in [2.05, 4.69) is 75.4 Å². The summed E-state index contributed by atoms with van der Waals surface area (Å²) in [5, 5.41) is 0. The lowest BCUT2D eigenvalue weighted by atomic mass is 9.82. The van der Waals surface area contributed by atoms with E-state index in [-0.39, 0.29) is 5.41 Å². The molecular weight excluding hydrogens is 216 g/mol. The number of rotatable bonds is 3. The van der Waals surface area contributed by atoms with E-state index >= 15 is 0 Å². The highest BCUT2D eigenvalue weighted by molar-refractivity contribution is 5.33. The normalized spacial score (nSPS) is 11.5. The SMILES string of the molecule is CC(C)(C)c1ccccc1CCc1ccccc1. The molecule has 0 aliphatic carbocycles. The standard InChI is InChI=1S/C18H22/c1-18(2,3)17-12-8-7-11-16(17)14-13-15-9-5-4-6-10-15/h4-12H,13-14H2,1-3H3. The summed E-state index contributed by atoms with van der Waals surface area (Å²) in [6.45, 7) is 6.86. The van der Waals surface area contributed by atoms with E-state index in [1.54, 1.807) is 0 Å². The predicted molar refractivity (Wildman–Crippen MR) is 79.0 cm³/mol. The molecular formula is C18H22. The average molecular weight is 238 g/mol. The van der Waals surface area contributed by atoms with Gasteiger partial charge in [0.05, 0.1) is 0 Å². The van der Waals surface area contributed by atoms with Gasteiger partial charge in [-0.1, -0.05) is 75.4 Å². The maximum absolute atomic E-state index is 2.29. The molecule has 0 saturated heterocycles. The Kier molecular flexibility index (Phi) is 3.86. The minimum atomic E-state index is 0.229. The van der Waals surface area contributed by atoms with Gasteiger partial charge in [0.25, 0.3) is 0 Å². The minimum absolute atomic E-state index is 0.229. The molecule has 0 aliphatic rings. The molecule has 0 bridgehead atoms. The molecule has 94 valence electrons. The Morgan fingerprint density at radius 2 is 1.33 bits per heavy atom. The number of hydrogen-bond donors (Lipinski definition) is 0. The summed E-state index contributed by atoms with van der Waals surface area (Å²) in [4.78, 5) is 0. The Labute approximate surface area is 111 Å². The van der Waals surface area contributed by atoms with Crippen LogP contribution in [-0.4, -0.2) is 0 Å². The van der Waals surface area contributed by atoms with Crippen LogP contribution in [0.1, 0.15) is 37.5 Å². The van der Waals surface area contributed by atoms with Crippen LogP contribution in [0.2, 0.25) is 0 Å². The van der Waals surface area contributed by atoms with Gasteiger partial charge in [0.1, 0.15) is 0 Å². The third kappa shape index (κ3) is 3.22. The molecule has 2 aromatic carbocycles. The topological polar surface area (TPSA) is 0 Å². The zero-order chi connectivity index (χ0) is 13.0. The van der Waals surface area contributed by atoms with E-state index in [0.717, 1.165) is 12.8 Å². The summed E-state index contributed by atoms with van der Waals surface area (Å²) in [6, 6.07) is 19.5. The molecule has 18 heavy (non-hydrogen) atoms. The van der Waals surface area contributed by atoms with E-state index < -0.39 is 0 Å². The predicted octanol–water partition coefficient (Wildman–Crippen LogP) is 4.77. The molecule has 0 fully saturated rings. The molecule has 0 amide bonds. The van der Waals surface area contributed by atoms with Gasteiger partial charge in [0, 0.05) is 0 Å². The van der Waals surface area contributed by atoms with Crippen molar-refractivity contribution in [3.63, 3.8) is 0 Å². The van der Waals surface area contributed by atoms with Crippen LogP contribution < -0.4 is 0 Å². The van der Waals surface area contributed by atoms with Crippen molar-refractivity contribution in [1.82, 2.24) is 0 Å². The first kappa shape index (κ1) is 12.9. The first-order chi connectivity index (χ1) is 8.57. The second kappa shape index (κ2) is 5.39. The quantitative estimate of drug-likeness (QED) is 0.722. The first-order valence-electron chi connectivity index (χ1n) is 6.70. The molecule has 2 rings (SSSR count). The summed E-state index contributed by atoms with van der Waals surface area (Å²) >= 11 is 0. The van der Waals surface area contributed by atoms with Gasteiger partial charge < -0.3 is 0 Å². The van der Waals surface area contributed by atoms with E-state index in [1.807, 2.05) is 0 Å². The van der Waals surface area contributed by atoms with Crippen LogP contribution in [0.5, 0.6) is 0 Å². The summed E-state index contributed by atoms with van der Waals surface area (Å²) in [7, 11) is 0. The zero-order valence-electron chi connectivity index (χ0n) is 11.6. The van der Waals surface area contributed by atoms with E-state index in [1.165, 1.54) is 16.7 Å². The Morgan fingerprint density at radius 1 is 0.722 bits per heavy atom. The highest BCUT2D eigenvalue weighted by Gasteiger charge is 2.16. The highest BCUT2D eigenvalue weighted by atomic mass is 14.2. The van der Waals surface area contributed by atoms with Crippen LogP contribution in [0.25, 0.3) is 0 Å². The minimum Gasteiger partial charge on any atom is -0.0622 e. The second-order valence-electron chi connectivity index (χ2n) is 5.89. The third-order valence-electron chi connectivity index (χ3n) is 3.35. The fourth-order valence-corrected chi connectivity index (χ4v) is 2.39. The number of aryl methyl sites for hydroxylation is 2. The van der Waals surface area contributed by atoms with Gasteiger partial charge in [-0.15, -0.1) is 0 Å². The molecule has 0 heterocycles. The Morgan fingerprint density at radius 3 is 2.00 bits per heavy atom. The highest BCUT2D eigenvalue weighted by Crippen LogP contribution is 2.26. The summed E-state index contributed by atoms with van der Waals surface area (Å²) in [5.41, 5.74) is 4.60. The Bertz CT molecular complexity index is 489. The second-order valence-corrected chi connectivity index (χ2v) is 5.89. The maximum atomic E-state index is 2.29. The lowest BCUT2D eigenvalue weighted by molar-refractivity contribution is 0.582. The zero-order valence-corrected chi connectivity index (χ0v) is 11.6. The molecule has 0 saturated carbocycles. The van der Waals surface area contributed by atoms with Gasteiger partial charge in [0.2, 0.25) is 0 Å². The van der Waals surface area contributed by atoms with Crippen molar-refractivity contribution in [2.45, 2.75) is 39.0 Å². The summed E-state index contributed by atoms with van der Waals surface area (Å²) < 4.78 is 0. The molecule has 0 spiro atoms. The summed E-state index contributed by atoms with van der Waals surface area (Å²) in [5.74, 6) is 0. The monoisotopic (exact) mass is 238 g/mol. The Balaban J connectivity index is 2.15. The molecule has 0 aliphatic heterocycles. The maximum Gasteiger partial charge on any atom is -0.0129 e. The lowest BCUT2D eigenvalue weighted by Crippen LogP contribution is -2.14. The molecule has 0 N–H and O–H groups in total. The van der Waals surface area contributed by atoms with Crippen molar-refractivity contribution in [1.29, 1.82) is 0 Å². The molecule has 0 aromatic heterocycles. The van der Waals surface area contributed by atoms with Crippen LogP contribution in [-0.2, 0) is 18.3 Å². The van der Waals surface area contributed by atoms with Crippen molar-refractivity contribution in [2.75, 3.05) is 0 Å². The van der Waals surface area contributed by atoms with Gasteiger partial charge in [-0.05, 0) is 34.9 Å². The van der Waals surface area contributed by atoms with E-state index in [0.29, 0.717) is 0 Å². The van der Waals surface area contributed by atoms with Gasteiger partial charge in [-0.3, -0.25) is 0 Å². The largest absolute Gasteiger partial charge is 0.0622 e. The average Bonchev–Trinajstić information content (AvgIpc) is 2.37.